The number of non-ortho nitro benzene ring substituents is 1. The molecule has 1 atom stereocenters. The number of nitro benzene ring substituents is 1. The maximum absolute atomic E-state index is 13.2. The van der Waals surface area contributed by atoms with Crippen LogP contribution in [0.1, 0.15) is 12.0 Å². The Kier molecular flexibility index (Phi) is 4.19. The van der Waals surface area contributed by atoms with E-state index in [4.69, 9.17) is 4.84 Å². The lowest BCUT2D eigenvalue weighted by Crippen LogP contribution is -2.28. The monoisotopic (exact) mass is 329 g/mol. The quantitative estimate of drug-likeness (QED) is 0.689. The summed E-state index contributed by atoms with van der Waals surface area (Å²) in [6, 6.07) is 11.4. The van der Waals surface area contributed by atoms with Gasteiger partial charge in [-0.3, -0.25) is 14.9 Å². The number of amides is 1. The van der Waals surface area contributed by atoms with E-state index in [1.807, 2.05) is 0 Å². The molecule has 8 heteroatoms. The molecule has 0 aliphatic carbocycles. The van der Waals surface area contributed by atoms with E-state index in [0.29, 0.717) is 11.3 Å². The molecule has 2 aromatic rings. The normalized spacial score (nSPS) is 16.2. The minimum Gasteiger partial charge on any atom is -0.382 e. The number of hydrogen-bond donors (Lipinski definition) is 1. The fraction of sp³-hybridized carbons (Fsp3) is 0.125. The van der Waals surface area contributed by atoms with Gasteiger partial charge >= 0.3 is 0 Å². The van der Waals surface area contributed by atoms with Crippen molar-refractivity contribution in [3.8, 4) is 0 Å². The zero-order chi connectivity index (χ0) is 17.1. The number of nitro groups is 1. The number of carbonyl (C=O) groups is 1. The van der Waals surface area contributed by atoms with Crippen LogP contribution in [-0.4, -0.2) is 22.6 Å². The van der Waals surface area contributed by atoms with Gasteiger partial charge < -0.3 is 10.2 Å². The number of nitrogens with one attached hydrogen (secondary N) is 1. The van der Waals surface area contributed by atoms with Crippen molar-refractivity contribution in [3.05, 3.63) is 70.0 Å². The summed E-state index contributed by atoms with van der Waals surface area (Å²) in [6.07, 6.45) is -0.688. The summed E-state index contributed by atoms with van der Waals surface area (Å²) in [5.74, 6) is -0.884. The first-order valence-corrected chi connectivity index (χ1v) is 7.07. The van der Waals surface area contributed by atoms with E-state index in [2.05, 4.69) is 10.5 Å². The number of hydrogen-bond acceptors (Lipinski definition) is 5. The fourth-order valence-electron chi connectivity index (χ4n) is 2.28. The van der Waals surface area contributed by atoms with Gasteiger partial charge in [0.2, 0.25) is 6.10 Å². The minimum atomic E-state index is -0.873. The van der Waals surface area contributed by atoms with Crippen molar-refractivity contribution in [2.24, 2.45) is 5.16 Å². The van der Waals surface area contributed by atoms with E-state index in [9.17, 15) is 19.3 Å². The molecule has 0 bridgehead atoms. The first kappa shape index (κ1) is 15.6. The van der Waals surface area contributed by atoms with Gasteiger partial charge in [0.05, 0.1) is 10.6 Å². The molecule has 1 heterocycles. The van der Waals surface area contributed by atoms with Gasteiger partial charge in [-0.25, -0.2) is 4.39 Å². The van der Waals surface area contributed by atoms with E-state index in [1.54, 1.807) is 12.1 Å². The lowest BCUT2D eigenvalue weighted by molar-refractivity contribution is -0.384. The van der Waals surface area contributed by atoms with Gasteiger partial charge in [-0.15, -0.1) is 0 Å². The van der Waals surface area contributed by atoms with Crippen LogP contribution < -0.4 is 5.32 Å². The van der Waals surface area contributed by atoms with Crippen LogP contribution in [0.3, 0.4) is 0 Å². The number of carbonyl (C=O) groups excluding carboxylic acids is 1. The van der Waals surface area contributed by atoms with Crippen molar-refractivity contribution < 1.29 is 18.9 Å². The fourth-order valence-corrected chi connectivity index (χ4v) is 2.28. The van der Waals surface area contributed by atoms with E-state index in [0.717, 1.165) is 0 Å². The third-order valence-electron chi connectivity index (χ3n) is 3.44. The summed E-state index contributed by atoms with van der Waals surface area (Å²) < 4.78 is 13.2. The molecule has 0 radical (unpaired) electrons. The highest BCUT2D eigenvalue weighted by molar-refractivity contribution is 6.06. The molecule has 0 spiro atoms. The Hall–Kier alpha value is -3.29. The highest BCUT2D eigenvalue weighted by Crippen LogP contribution is 2.21. The Labute approximate surface area is 135 Å². The molecule has 122 valence electrons. The maximum atomic E-state index is 13.2. The van der Waals surface area contributed by atoms with Crippen LogP contribution in [0.4, 0.5) is 15.8 Å². The average Bonchev–Trinajstić information content (AvgIpc) is 3.05. The summed E-state index contributed by atoms with van der Waals surface area (Å²) >= 11 is 0. The molecule has 1 N–H and O–H groups in total. The number of nitrogens with zero attached hydrogens (tertiary/aromatic N) is 2. The summed E-state index contributed by atoms with van der Waals surface area (Å²) in [5, 5.41) is 17.1. The molecule has 2 aromatic carbocycles. The number of benzene rings is 2. The largest absolute Gasteiger partial charge is 0.382 e. The van der Waals surface area contributed by atoms with Gasteiger partial charge in [0.1, 0.15) is 5.82 Å². The van der Waals surface area contributed by atoms with Crippen molar-refractivity contribution in [1.29, 1.82) is 0 Å². The second-order valence-corrected chi connectivity index (χ2v) is 5.14. The van der Waals surface area contributed by atoms with Crippen molar-refractivity contribution in [1.82, 2.24) is 0 Å². The van der Waals surface area contributed by atoms with Crippen LogP contribution in [0.15, 0.2) is 53.7 Å². The Balaban J connectivity index is 1.66. The lowest BCUT2D eigenvalue weighted by Gasteiger charge is -2.09. The van der Waals surface area contributed by atoms with Gasteiger partial charge in [-0.2, -0.15) is 0 Å². The molecule has 1 aliphatic rings. The van der Waals surface area contributed by atoms with Crippen molar-refractivity contribution >= 4 is 23.0 Å². The molecule has 3 rings (SSSR count). The molecule has 7 nitrogen and oxygen atoms in total. The Morgan fingerprint density at radius 3 is 2.83 bits per heavy atom. The van der Waals surface area contributed by atoms with Gasteiger partial charge in [0.25, 0.3) is 11.6 Å². The van der Waals surface area contributed by atoms with Crippen LogP contribution in [0.2, 0.25) is 0 Å². The van der Waals surface area contributed by atoms with Crippen LogP contribution in [0.25, 0.3) is 0 Å². The number of halogens is 1. The number of rotatable bonds is 4. The smallest absolute Gasteiger partial charge is 0.271 e. The van der Waals surface area contributed by atoms with Crippen molar-refractivity contribution in [3.63, 3.8) is 0 Å². The lowest BCUT2D eigenvalue weighted by atomic mass is 10.0. The van der Waals surface area contributed by atoms with Crippen LogP contribution in [-0.2, 0) is 9.63 Å². The van der Waals surface area contributed by atoms with Gasteiger partial charge in [-0.05, 0) is 18.2 Å². The third-order valence-corrected chi connectivity index (χ3v) is 3.44. The van der Waals surface area contributed by atoms with E-state index >= 15 is 0 Å². The molecular formula is C16H12FN3O4. The summed E-state index contributed by atoms with van der Waals surface area (Å²) in [7, 11) is 0. The Morgan fingerprint density at radius 2 is 2.08 bits per heavy atom. The Morgan fingerprint density at radius 1 is 1.29 bits per heavy atom. The van der Waals surface area contributed by atoms with E-state index in [1.165, 1.54) is 36.4 Å². The molecule has 0 fully saturated rings. The maximum Gasteiger partial charge on any atom is 0.271 e. The number of anilines is 1. The highest BCUT2D eigenvalue weighted by Gasteiger charge is 2.29. The average molecular weight is 329 g/mol. The molecule has 0 unspecified atom stereocenters. The first-order valence-electron chi connectivity index (χ1n) is 7.07. The number of oxime groups is 1. The molecule has 0 aromatic heterocycles. The van der Waals surface area contributed by atoms with Gasteiger partial charge in [0.15, 0.2) is 0 Å². The van der Waals surface area contributed by atoms with E-state index < -0.39 is 22.8 Å². The topological polar surface area (TPSA) is 93.8 Å². The molecular weight excluding hydrogens is 317 g/mol. The second kappa shape index (κ2) is 6.45. The van der Waals surface area contributed by atoms with Crippen LogP contribution in [0.5, 0.6) is 0 Å². The second-order valence-electron chi connectivity index (χ2n) is 5.14. The Bertz CT molecular complexity index is 838. The van der Waals surface area contributed by atoms with E-state index in [-0.39, 0.29) is 17.8 Å². The predicted octanol–water partition coefficient (Wildman–Crippen LogP) is 2.87. The SMILES string of the molecule is O=C(Nc1cccc([N+](=O)[O-])c1)[C@@H]1CC(c2cccc(F)c2)=NO1. The predicted molar refractivity (Wildman–Crippen MR) is 84.2 cm³/mol. The van der Waals surface area contributed by atoms with Gasteiger partial charge in [0, 0.05) is 29.8 Å². The minimum absolute atomic E-state index is 0.128. The molecule has 24 heavy (non-hydrogen) atoms. The van der Waals surface area contributed by atoms with Crippen molar-refractivity contribution in [2.45, 2.75) is 12.5 Å². The molecule has 0 saturated heterocycles. The zero-order valence-electron chi connectivity index (χ0n) is 12.3. The summed E-state index contributed by atoms with van der Waals surface area (Å²) in [6.45, 7) is 0. The zero-order valence-corrected chi connectivity index (χ0v) is 12.3. The van der Waals surface area contributed by atoms with Crippen molar-refractivity contribution in [2.75, 3.05) is 5.32 Å². The molecule has 1 amide bonds. The summed E-state index contributed by atoms with van der Waals surface area (Å²) in [5.41, 5.74) is 1.17. The first-order chi connectivity index (χ1) is 11.5. The third kappa shape index (κ3) is 3.37. The standard InChI is InChI=1S/C16H12FN3O4/c17-11-4-1-3-10(7-11)14-9-15(24-19-14)16(21)18-12-5-2-6-13(8-12)20(22)23/h1-8,15H,9H2,(H,18,21)/t15-/m0/s1. The van der Waals surface area contributed by atoms with Crippen LogP contribution in [0, 0.1) is 15.9 Å². The summed E-state index contributed by atoms with van der Waals surface area (Å²) in [4.78, 5) is 27.5. The van der Waals surface area contributed by atoms with Crippen LogP contribution >= 0.6 is 0 Å². The molecule has 0 saturated carbocycles. The van der Waals surface area contributed by atoms with Gasteiger partial charge in [-0.1, -0.05) is 23.4 Å². The highest BCUT2D eigenvalue weighted by atomic mass is 19.1. The molecule has 1 aliphatic heterocycles.